The fraction of sp³-hybridized carbons (Fsp3) is 0.630. The first kappa shape index (κ1) is 26.9. The molecule has 2 saturated heterocycles. The molecule has 5 N–H and O–H groups in total. The Labute approximate surface area is 219 Å². The molecule has 37 heavy (non-hydrogen) atoms. The van der Waals surface area contributed by atoms with Gasteiger partial charge in [0.1, 0.15) is 17.6 Å². The van der Waals surface area contributed by atoms with Gasteiger partial charge >= 0.3 is 0 Å². The van der Waals surface area contributed by atoms with Crippen molar-refractivity contribution in [3.8, 4) is 5.75 Å². The van der Waals surface area contributed by atoms with Crippen molar-refractivity contribution in [3.63, 3.8) is 0 Å². The lowest BCUT2D eigenvalue weighted by atomic mass is 9.86. The Bertz CT molecular complexity index is 1050. The molecule has 1 aliphatic carbocycles. The lowest BCUT2D eigenvalue weighted by molar-refractivity contribution is -0.130. The van der Waals surface area contributed by atoms with Gasteiger partial charge in [0.25, 0.3) is 5.91 Å². The second-order valence-electron chi connectivity index (χ2n) is 10.9. The second kappa shape index (κ2) is 11.1. The van der Waals surface area contributed by atoms with E-state index in [1.54, 1.807) is 32.4 Å². The Hall–Kier alpha value is -3.14. The molecule has 2 heterocycles. The number of amidine groups is 1. The molecule has 4 rings (SSSR count). The third-order valence-electron chi connectivity index (χ3n) is 8.61. The van der Waals surface area contributed by atoms with Gasteiger partial charge in [0, 0.05) is 56.0 Å². The second-order valence-corrected chi connectivity index (χ2v) is 10.9. The van der Waals surface area contributed by atoms with Gasteiger partial charge in [0.15, 0.2) is 0 Å². The molecule has 0 bridgehead atoms. The number of carbonyl (C=O) groups excluding carboxylic acids is 2. The number of nitrogen functional groups attached to an aromatic ring is 1. The van der Waals surface area contributed by atoms with Gasteiger partial charge in [-0.3, -0.25) is 15.0 Å². The molecule has 2 amide bonds. The maximum absolute atomic E-state index is 13.0. The van der Waals surface area contributed by atoms with E-state index in [9.17, 15) is 9.59 Å². The van der Waals surface area contributed by atoms with Crippen molar-refractivity contribution < 1.29 is 14.3 Å². The lowest BCUT2D eigenvalue weighted by Crippen LogP contribution is -2.52. The van der Waals surface area contributed by atoms with Crippen molar-refractivity contribution in [2.45, 2.75) is 75.7 Å². The number of piperidine rings is 1. The van der Waals surface area contributed by atoms with Gasteiger partial charge in [-0.15, -0.1) is 0 Å². The van der Waals surface area contributed by atoms with Gasteiger partial charge in [-0.05, 0) is 70.2 Å². The highest BCUT2D eigenvalue weighted by atomic mass is 16.5. The van der Waals surface area contributed by atoms with Crippen LogP contribution in [0.15, 0.2) is 18.2 Å². The van der Waals surface area contributed by atoms with E-state index in [1.807, 2.05) is 6.92 Å². The number of rotatable bonds is 6. The van der Waals surface area contributed by atoms with Gasteiger partial charge in [0.2, 0.25) is 5.91 Å². The minimum Gasteiger partial charge on any atom is -0.495 e. The molecule has 0 aromatic heterocycles. The van der Waals surface area contributed by atoms with Gasteiger partial charge < -0.3 is 35.9 Å². The molecule has 6 unspecified atom stereocenters. The predicted octanol–water partition coefficient (Wildman–Crippen LogP) is 2.19. The Morgan fingerprint density at radius 3 is 2.68 bits per heavy atom. The predicted molar refractivity (Wildman–Crippen MR) is 144 cm³/mol. The quantitative estimate of drug-likeness (QED) is 0.341. The zero-order valence-corrected chi connectivity index (χ0v) is 22.4. The Morgan fingerprint density at radius 2 is 1.97 bits per heavy atom. The Kier molecular flexibility index (Phi) is 8.06. The topological polar surface area (TPSA) is 139 Å². The fourth-order valence-electron chi connectivity index (χ4n) is 6.48. The third kappa shape index (κ3) is 5.44. The van der Waals surface area contributed by atoms with Crippen molar-refractivity contribution in [2.24, 2.45) is 5.92 Å². The number of nitrogens with one attached hydrogen (secondary N) is 3. The number of nitrogens with two attached hydrogens (primary N) is 1. The number of likely N-dealkylation sites (N-methyl/N-ethyl adjacent to an activating group) is 1. The van der Waals surface area contributed by atoms with Crippen LogP contribution in [-0.4, -0.2) is 96.5 Å². The maximum Gasteiger partial charge on any atom is 0.251 e. The largest absolute Gasteiger partial charge is 0.495 e. The molecule has 3 fully saturated rings. The number of likely N-dealkylation sites (tertiary alicyclic amines) is 1. The first-order valence-corrected chi connectivity index (χ1v) is 13.2. The summed E-state index contributed by atoms with van der Waals surface area (Å²) in [7, 11) is 5.39. The van der Waals surface area contributed by atoms with E-state index in [1.165, 1.54) is 11.1 Å². The first-order valence-electron chi connectivity index (χ1n) is 13.2. The number of hydrogen-bond donors (Lipinski definition) is 4. The van der Waals surface area contributed by atoms with Crippen LogP contribution in [0.25, 0.3) is 0 Å². The van der Waals surface area contributed by atoms with Gasteiger partial charge in [-0.25, -0.2) is 0 Å². The zero-order chi connectivity index (χ0) is 26.9. The Balaban J connectivity index is 1.42. The molecule has 1 saturated carbocycles. The molecule has 2 aliphatic heterocycles. The summed E-state index contributed by atoms with van der Waals surface area (Å²) in [6.07, 6.45) is 6.29. The minimum absolute atomic E-state index is 0.0212. The molecule has 0 spiro atoms. The molecule has 0 radical (unpaired) electrons. The van der Waals surface area contributed by atoms with E-state index < -0.39 is 6.04 Å². The van der Waals surface area contributed by atoms with E-state index in [0.717, 1.165) is 38.6 Å². The van der Waals surface area contributed by atoms with E-state index in [2.05, 4.69) is 22.2 Å². The first-order chi connectivity index (χ1) is 17.6. The van der Waals surface area contributed by atoms with Crippen LogP contribution < -0.4 is 15.8 Å². The number of benzene rings is 1. The van der Waals surface area contributed by atoms with E-state index >= 15 is 0 Å². The molecule has 6 atom stereocenters. The molecule has 202 valence electrons. The van der Waals surface area contributed by atoms with E-state index in [-0.39, 0.29) is 29.9 Å². The van der Waals surface area contributed by atoms with E-state index in [4.69, 9.17) is 21.3 Å². The average molecular weight is 512 g/mol. The number of carbonyl (C=O) groups is 2. The number of methoxy groups -OCH3 is 1. The van der Waals surface area contributed by atoms with Crippen LogP contribution >= 0.6 is 0 Å². The van der Waals surface area contributed by atoms with Crippen LogP contribution in [0.4, 0.5) is 5.69 Å². The highest BCUT2D eigenvalue weighted by Gasteiger charge is 2.43. The van der Waals surface area contributed by atoms with Crippen molar-refractivity contribution in [2.75, 3.05) is 33.5 Å². The van der Waals surface area contributed by atoms with Gasteiger partial charge in [-0.1, -0.05) is 0 Å². The minimum atomic E-state index is -0.611. The zero-order valence-electron chi connectivity index (χ0n) is 22.4. The monoisotopic (exact) mass is 511 g/mol. The van der Waals surface area contributed by atoms with Crippen LogP contribution in [0.2, 0.25) is 0 Å². The maximum atomic E-state index is 13.0. The highest BCUT2D eigenvalue weighted by molar-refractivity contribution is 6.03. The average Bonchev–Trinajstić information content (AvgIpc) is 3.32. The number of anilines is 1. The summed E-state index contributed by atoms with van der Waals surface area (Å²) in [5.74, 6) is 1.16. The Morgan fingerprint density at radius 1 is 1.22 bits per heavy atom. The van der Waals surface area contributed by atoms with Crippen molar-refractivity contribution >= 4 is 29.6 Å². The van der Waals surface area contributed by atoms with Gasteiger partial charge in [-0.2, -0.15) is 0 Å². The highest BCUT2D eigenvalue weighted by Crippen LogP contribution is 2.38. The summed E-state index contributed by atoms with van der Waals surface area (Å²) >= 11 is 0. The van der Waals surface area contributed by atoms with Crippen LogP contribution in [0.3, 0.4) is 0 Å². The summed E-state index contributed by atoms with van der Waals surface area (Å²) in [5, 5.41) is 19.9. The molecular weight excluding hydrogens is 470 g/mol. The number of amides is 2. The number of nitrogens with zero attached hydrogens (tertiary/aromatic N) is 3. The van der Waals surface area contributed by atoms with Crippen LogP contribution in [0, 0.1) is 16.7 Å². The lowest BCUT2D eigenvalue weighted by Gasteiger charge is -2.41. The number of ether oxygens (including phenoxy) is 1. The molecule has 3 aliphatic rings. The normalized spacial score (nSPS) is 31.2. The molecule has 1 aromatic rings. The van der Waals surface area contributed by atoms with Crippen molar-refractivity contribution in [3.05, 3.63) is 23.8 Å². The van der Waals surface area contributed by atoms with Crippen LogP contribution in [-0.2, 0) is 4.79 Å². The van der Waals surface area contributed by atoms with Crippen LogP contribution in [0.1, 0.15) is 55.8 Å². The van der Waals surface area contributed by atoms with Crippen molar-refractivity contribution in [1.82, 2.24) is 20.0 Å². The number of hydrogen-bond acceptors (Lipinski definition) is 7. The summed E-state index contributed by atoms with van der Waals surface area (Å²) in [4.78, 5) is 31.6. The SMILES string of the molecule is COc1cc(C(=O)NC2CCN(C)C(C3CCC(N4C(=N)C(C=N)N(C)C(=O)CC4C)C3)C2)ccc1N. The molecule has 10 heteroatoms. The fourth-order valence-corrected chi connectivity index (χ4v) is 6.48. The summed E-state index contributed by atoms with van der Waals surface area (Å²) in [5.41, 5.74) is 6.94. The smallest absolute Gasteiger partial charge is 0.251 e. The third-order valence-corrected chi connectivity index (χ3v) is 8.61. The molecule has 10 nitrogen and oxygen atoms in total. The summed E-state index contributed by atoms with van der Waals surface area (Å²) < 4.78 is 5.27. The van der Waals surface area contributed by atoms with Gasteiger partial charge in [0.05, 0.1) is 12.8 Å². The summed E-state index contributed by atoms with van der Waals surface area (Å²) in [6, 6.07) is 5.02. The van der Waals surface area contributed by atoms with E-state index in [0.29, 0.717) is 41.2 Å². The van der Waals surface area contributed by atoms with Crippen LogP contribution in [0.5, 0.6) is 5.75 Å². The summed E-state index contributed by atoms with van der Waals surface area (Å²) in [6.45, 7) is 2.93. The standard InChI is InChI=1S/C27H41N7O3/c1-16-11-25(35)33(3)23(15-28)26(30)34(16)20-7-5-17(12-20)22-14-19(9-10-32(22)2)31-27(36)18-6-8-21(29)24(13-18)37-4/h6,8,13,15-17,19-20,22-23,28,30H,5,7,9-12,14,29H2,1-4H3,(H,31,36). The molecule has 1 aromatic carbocycles. The molecular formula is C27H41N7O3. The van der Waals surface area contributed by atoms with Crippen molar-refractivity contribution in [1.29, 1.82) is 10.8 Å².